The highest BCUT2D eigenvalue weighted by Crippen LogP contribution is 2.25. The van der Waals surface area contributed by atoms with E-state index in [1.165, 1.54) is 12.1 Å². The first kappa shape index (κ1) is 11.4. The van der Waals surface area contributed by atoms with Crippen LogP contribution in [-0.2, 0) is 11.2 Å². The van der Waals surface area contributed by atoms with Gasteiger partial charge in [0, 0.05) is 12.5 Å². The average molecular weight is 210 g/mol. The van der Waals surface area contributed by atoms with Gasteiger partial charge in [0.1, 0.15) is 11.5 Å². The molecule has 4 nitrogen and oxygen atoms in total. The summed E-state index contributed by atoms with van der Waals surface area (Å²) in [5, 5.41) is 17.8. The third-order valence-electron chi connectivity index (χ3n) is 1.96. The predicted molar refractivity (Wildman–Crippen MR) is 55.2 cm³/mol. The quantitative estimate of drug-likeness (QED) is 0.777. The smallest absolute Gasteiger partial charge is 0.303 e. The number of hydrogen-bond donors (Lipinski definition) is 2. The number of aryl methyl sites for hydroxylation is 1. The summed E-state index contributed by atoms with van der Waals surface area (Å²) in [6, 6.07) is 4.71. The molecule has 2 N–H and O–H groups in total. The molecule has 1 aromatic carbocycles. The van der Waals surface area contributed by atoms with E-state index in [9.17, 15) is 9.90 Å². The van der Waals surface area contributed by atoms with Gasteiger partial charge in [-0.15, -0.1) is 0 Å². The maximum absolute atomic E-state index is 10.4. The molecule has 0 radical (unpaired) electrons. The minimum absolute atomic E-state index is 0.0604. The van der Waals surface area contributed by atoms with Gasteiger partial charge in [-0.25, -0.2) is 0 Å². The summed E-state index contributed by atoms with van der Waals surface area (Å²) in [5.41, 5.74) is 0.803. The molecule has 0 saturated carbocycles. The summed E-state index contributed by atoms with van der Waals surface area (Å²) in [4.78, 5) is 10.4. The van der Waals surface area contributed by atoms with Crippen molar-refractivity contribution >= 4 is 5.97 Å². The van der Waals surface area contributed by atoms with Gasteiger partial charge in [0.15, 0.2) is 0 Å². The Morgan fingerprint density at radius 1 is 1.47 bits per heavy atom. The molecule has 0 spiro atoms. The van der Waals surface area contributed by atoms with Crippen LogP contribution in [0, 0.1) is 0 Å². The van der Waals surface area contributed by atoms with Crippen molar-refractivity contribution in [2.24, 2.45) is 0 Å². The van der Waals surface area contributed by atoms with Gasteiger partial charge < -0.3 is 14.9 Å². The molecule has 0 aliphatic heterocycles. The number of rotatable bonds is 5. The molecule has 0 fully saturated rings. The Kier molecular flexibility index (Phi) is 3.97. The second-order valence-corrected chi connectivity index (χ2v) is 3.12. The Morgan fingerprint density at radius 2 is 2.20 bits per heavy atom. The second kappa shape index (κ2) is 5.24. The number of phenols is 1. The lowest BCUT2D eigenvalue weighted by Crippen LogP contribution is -2.01. The maximum Gasteiger partial charge on any atom is 0.303 e. The van der Waals surface area contributed by atoms with Crippen molar-refractivity contribution in [1.82, 2.24) is 0 Å². The third kappa shape index (κ3) is 3.50. The van der Waals surface area contributed by atoms with Crippen LogP contribution in [0.1, 0.15) is 18.9 Å². The van der Waals surface area contributed by atoms with E-state index in [0.717, 1.165) is 5.56 Å². The lowest BCUT2D eigenvalue weighted by molar-refractivity contribution is -0.136. The highest BCUT2D eigenvalue weighted by Gasteiger charge is 2.06. The summed E-state index contributed by atoms with van der Waals surface area (Å²) in [5.74, 6) is -0.165. The second-order valence-electron chi connectivity index (χ2n) is 3.12. The predicted octanol–water partition coefficient (Wildman–Crippen LogP) is 1.81. The minimum atomic E-state index is -0.842. The summed E-state index contributed by atoms with van der Waals surface area (Å²) in [6.07, 6.45) is 0.468. The number of aliphatic carboxylic acids is 1. The fraction of sp³-hybridized carbons (Fsp3) is 0.364. The number of carbonyl (C=O) groups is 1. The number of phenolic OH excluding ortho intramolecular Hbond substituents is 1. The number of aromatic hydroxyl groups is 1. The summed E-state index contributed by atoms with van der Waals surface area (Å²) in [6.45, 7) is 2.33. The van der Waals surface area contributed by atoms with E-state index in [0.29, 0.717) is 18.8 Å². The van der Waals surface area contributed by atoms with Gasteiger partial charge in [0.2, 0.25) is 0 Å². The molecule has 15 heavy (non-hydrogen) atoms. The molecule has 0 aromatic heterocycles. The molecule has 0 bridgehead atoms. The molecule has 1 rings (SSSR count). The fourth-order valence-electron chi connectivity index (χ4n) is 1.28. The van der Waals surface area contributed by atoms with Crippen LogP contribution >= 0.6 is 0 Å². The van der Waals surface area contributed by atoms with E-state index >= 15 is 0 Å². The van der Waals surface area contributed by atoms with Crippen LogP contribution in [-0.4, -0.2) is 22.8 Å². The molecule has 0 saturated heterocycles. The van der Waals surface area contributed by atoms with Gasteiger partial charge in [-0.3, -0.25) is 4.79 Å². The van der Waals surface area contributed by atoms with E-state index in [-0.39, 0.29) is 12.2 Å². The molecule has 0 aliphatic rings. The normalized spacial score (nSPS) is 9.93. The van der Waals surface area contributed by atoms with Crippen molar-refractivity contribution in [3.8, 4) is 11.5 Å². The molecular weight excluding hydrogens is 196 g/mol. The van der Waals surface area contributed by atoms with Gasteiger partial charge in [-0.2, -0.15) is 0 Å². The summed E-state index contributed by atoms with van der Waals surface area (Å²) >= 11 is 0. The molecular formula is C11H14O4. The van der Waals surface area contributed by atoms with Crippen LogP contribution in [0.3, 0.4) is 0 Å². The highest BCUT2D eigenvalue weighted by atomic mass is 16.5. The van der Waals surface area contributed by atoms with Crippen LogP contribution in [0.25, 0.3) is 0 Å². The first-order chi connectivity index (χ1) is 7.13. The number of hydrogen-bond acceptors (Lipinski definition) is 3. The molecule has 0 heterocycles. The van der Waals surface area contributed by atoms with Crippen LogP contribution in [0.15, 0.2) is 18.2 Å². The van der Waals surface area contributed by atoms with Gasteiger partial charge in [0.25, 0.3) is 0 Å². The third-order valence-corrected chi connectivity index (χ3v) is 1.96. The van der Waals surface area contributed by atoms with Crippen LogP contribution in [0.2, 0.25) is 0 Å². The molecule has 0 atom stereocenters. The highest BCUT2D eigenvalue weighted by molar-refractivity contribution is 5.67. The lowest BCUT2D eigenvalue weighted by atomic mass is 10.1. The van der Waals surface area contributed by atoms with Crippen molar-refractivity contribution in [2.45, 2.75) is 19.8 Å². The molecule has 1 aromatic rings. The Balaban J connectivity index is 2.80. The maximum atomic E-state index is 10.4. The lowest BCUT2D eigenvalue weighted by Gasteiger charge is -2.09. The van der Waals surface area contributed by atoms with E-state index < -0.39 is 5.97 Å². The summed E-state index contributed by atoms with van der Waals surface area (Å²) in [7, 11) is 0. The SMILES string of the molecule is CCOc1cc(O)ccc1CCC(=O)O. The number of ether oxygens (including phenoxy) is 1. The Bertz CT molecular complexity index is 346. The Hall–Kier alpha value is -1.71. The van der Waals surface area contributed by atoms with Crippen molar-refractivity contribution in [3.05, 3.63) is 23.8 Å². The van der Waals surface area contributed by atoms with Gasteiger partial charge in [0.05, 0.1) is 6.61 Å². The topological polar surface area (TPSA) is 66.8 Å². The molecule has 0 unspecified atom stereocenters. The molecule has 4 heteroatoms. The number of carboxylic acids is 1. The molecule has 82 valence electrons. The van der Waals surface area contributed by atoms with Crippen molar-refractivity contribution in [3.63, 3.8) is 0 Å². The fourth-order valence-corrected chi connectivity index (χ4v) is 1.28. The van der Waals surface area contributed by atoms with Crippen molar-refractivity contribution in [1.29, 1.82) is 0 Å². The summed E-state index contributed by atoms with van der Waals surface area (Å²) < 4.78 is 5.30. The number of benzene rings is 1. The number of carboxylic acid groups (broad SMARTS) is 1. The van der Waals surface area contributed by atoms with Gasteiger partial charge in [-0.1, -0.05) is 6.07 Å². The monoisotopic (exact) mass is 210 g/mol. The standard InChI is InChI=1S/C11H14O4/c1-2-15-10-7-9(12)5-3-8(10)4-6-11(13)14/h3,5,7,12H,2,4,6H2,1H3,(H,13,14). The van der Waals surface area contributed by atoms with Crippen LogP contribution < -0.4 is 4.74 Å². The van der Waals surface area contributed by atoms with E-state index in [2.05, 4.69) is 0 Å². The Morgan fingerprint density at radius 3 is 2.80 bits per heavy atom. The minimum Gasteiger partial charge on any atom is -0.508 e. The zero-order valence-electron chi connectivity index (χ0n) is 8.56. The van der Waals surface area contributed by atoms with E-state index in [1.807, 2.05) is 6.92 Å². The zero-order valence-corrected chi connectivity index (χ0v) is 8.56. The average Bonchev–Trinajstić information content (AvgIpc) is 2.17. The first-order valence-corrected chi connectivity index (χ1v) is 4.80. The first-order valence-electron chi connectivity index (χ1n) is 4.80. The van der Waals surface area contributed by atoms with Crippen LogP contribution in [0.5, 0.6) is 11.5 Å². The molecule has 0 amide bonds. The van der Waals surface area contributed by atoms with Crippen LogP contribution in [0.4, 0.5) is 0 Å². The van der Waals surface area contributed by atoms with E-state index in [1.54, 1.807) is 6.07 Å². The zero-order chi connectivity index (χ0) is 11.3. The van der Waals surface area contributed by atoms with Gasteiger partial charge in [-0.05, 0) is 25.0 Å². The van der Waals surface area contributed by atoms with Crippen molar-refractivity contribution < 1.29 is 19.7 Å². The van der Waals surface area contributed by atoms with Crippen molar-refractivity contribution in [2.75, 3.05) is 6.61 Å². The van der Waals surface area contributed by atoms with Gasteiger partial charge >= 0.3 is 5.97 Å². The molecule has 0 aliphatic carbocycles. The Labute approximate surface area is 88.1 Å². The van der Waals surface area contributed by atoms with E-state index in [4.69, 9.17) is 9.84 Å². The largest absolute Gasteiger partial charge is 0.508 e.